The Morgan fingerprint density at radius 3 is 2.88 bits per heavy atom. The third kappa shape index (κ3) is 3.51. The number of primary amides is 1. The number of pyridine rings is 1. The smallest absolute Gasteiger partial charge is 0.267 e. The summed E-state index contributed by atoms with van der Waals surface area (Å²) in [6, 6.07) is 3.41. The molecule has 0 saturated carbocycles. The number of methoxy groups -OCH3 is 1. The minimum atomic E-state index is -0.534. The van der Waals surface area contributed by atoms with E-state index in [9.17, 15) is 4.79 Å². The number of nitrogens with zero attached hydrogens (tertiary/aromatic N) is 1. The van der Waals surface area contributed by atoms with Crippen molar-refractivity contribution in [2.24, 2.45) is 5.73 Å². The highest BCUT2D eigenvalue weighted by Crippen LogP contribution is 2.15. The van der Waals surface area contributed by atoms with Crippen molar-refractivity contribution in [3.8, 4) is 0 Å². The van der Waals surface area contributed by atoms with Gasteiger partial charge in [0, 0.05) is 19.0 Å². The van der Waals surface area contributed by atoms with Gasteiger partial charge in [0.15, 0.2) is 0 Å². The summed E-state index contributed by atoms with van der Waals surface area (Å²) in [5.41, 5.74) is 5.98. The van der Waals surface area contributed by atoms with Crippen LogP contribution >= 0.6 is 0 Å². The van der Waals surface area contributed by atoms with Crippen LogP contribution in [0.5, 0.6) is 0 Å². The molecule has 0 aromatic carbocycles. The lowest BCUT2D eigenvalue weighted by molar-refractivity contribution is 0.0995. The summed E-state index contributed by atoms with van der Waals surface area (Å²) in [4.78, 5) is 14.8. The number of rotatable bonds is 5. The van der Waals surface area contributed by atoms with E-state index in [0.717, 1.165) is 5.69 Å². The second-order valence-corrected chi connectivity index (χ2v) is 4.24. The number of carbonyl (C=O) groups excluding carboxylic acids is 1. The molecule has 0 aliphatic rings. The molecule has 1 amide bonds. The Morgan fingerprint density at radius 1 is 1.62 bits per heavy atom. The van der Waals surface area contributed by atoms with Crippen molar-refractivity contribution >= 4 is 11.6 Å². The molecule has 0 fully saturated rings. The van der Waals surface area contributed by atoms with E-state index in [1.165, 1.54) is 0 Å². The first-order valence-electron chi connectivity index (χ1n) is 4.97. The summed E-state index contributed by atoms with van der Waals surface area (Å²) < 4.78 is 5.09. The molecule has 5 heteroatoms. The summed E-state index contributed by atoms with van der Waals surface area (Å²) in [7, 11) is 1.64. The maximum Gasteiger partial charge on any atom is 0.267 e. The minimum Gasteiger partial charge on any atom is -0.382 e. The third-order valence-corrected chi connectivity index (χ3v) is 2.00. The van der Waals surface area contributed by atoms with Crippen molar-refractivity contribution < 1.29 is 9.53 Å². The average Bonchev–Trinajstić information content (AvgIpc) is 2.17. The SMILES string of the molecule is COCC(C)(C)Nc1ccnc(C(N)=O)c1. The summed E-state index contributed by atoms with van der Waals surface area (Å²) in [5, 5.41) is 3.24. The van der Waals surface area contributed by atoms with Crippen LogP contribution in [0.25, 0.3) is 0 Å². The molecule has 1 heterocycles. The molecule has 0 radical (unpaired) electrons. The number of hydrogen-bond donors (Lipinski definition) is 2. The van der Waals surface area contributed by atoms with Crippen LogP contribution in [0.3, 0.4) is 0 Å². The molecule has 1 aromatic heterocycles. The molecule has 0 atom stereocenters. The van der Waals surface area contributed by atoms with E-state index < -0.39 is 5.91 Å². The van der Waals surface area contributed by atoms with Gasteiger partial charge in [0.25, 0.3) is 5.91 Å². The van der Waals surface area contributed by atoms with E-state index >= 15 is 0 Å². The average molecular weight is 223 g/mol. The van der Waals surface area contributed by atoms with E-state index in [-0.39, 0.29) is 11.2 Å². The molecule has 0 spiro atoms. The maximum atomic E-state index is 11.0. The number of nitrogens with two attached hydrogens (primary N) is 1. The van der Waals surface area contributed by atoms with E-state index in [4.69, 9.17) is 10.5 Å². The molecule has 1 rings (SSSR count). The molecule has 0 aliphatic carbocycles. The summed E-state index contributed by atoms with van der Waals surface area (Å²) >= 11 is 0. The second-order valence-electron chi connectivity index (χ2n) is 4.24. The molecule has 5 nitrogen and oxygen atoms in total. The Labute approximate surface area is 95.0 Å². The highest BCUT2D eigenvalue weighted by atomic mass is 16.5. The van der Waals surface area contributed by atoms with Crippen LogP contribution in [-0.2, 0) is 4.74 Å². The zero-order valence-corrected chi connectivity index (χ0v) is 9.78. The fourth-order valence-electron chi connectivity index (χ4n) is 1.43. The molecule has 16 heavy (non-hydrogen) atoms. The van der Waals surface area contributed by atoms with Gasteiger partial charge in [-0.05, 0) is 26.0 Å². The summed E-state index contributed by atoms with van der Waals surface area (Å²) in [6.07, 6.45) is 1.55. The van der Waals surface area contributed by atoms with Crippen molar-refractivity contribution in [3.05, 3.63) is 24.0 Å². The molecule has 1 aromatic rings. The van der Waals surface area contributed by atoms with Crippen LogP contribution in [0.2, 0.25) is 0 Å². The second kappa shape index (κ2) is 4.94. The van der Waals surface area contributed by atoms with E-state index in [2.05, 4.69) is 10.3 Å². The van der Waals surface area contributed by atoms with Gasteiger partial charge >= 0.3 is 0 Å². The molecule has 0 unspecified atom stereocenters. The molecule has 0 saturated heterocycles. The quantitative estimate of drug-likeness (QED) is 0.781. The number of anilines is 1. The van der Waals surface area contributed by atoms with Gasteiger partial charge in [0.05, 0.1) is 12.1 Å². The van der Waals surface area contributed by atoms with Crippen LogP contribution in [0, 0.1) is 0 Å². The number of amides is 1. The number of ether oxygens (including phenoxy) is 1. The van der Waals surface area contributed by atoms with E-state index in [1.54, 1.807) is 25.4 Å². The van der Waals surface area contributed by atoms with Crippen LogP contribution in [0.1, 0.15) is 24.3 Å². The van der Waals surface area contributed by atoms with Crippen LogP contribution < -0.4 is 11.1 Å². The Bertz CT molecular complexity index is 377. The molecular weight excluding hydrogens is 206 g/mol. The normalized spacial score (nSPS) is 11.2. The van der Waals surface area contributed by atoms with Gasteiger partial charge in [-0.3, -0.25) is 9.78 Å². The van der Waals surface area contributed by atoms with Gasteiger partial charge in [-0.1, -0.05) is 0 Å². The first kappa shape index (κ1) is 12.4. The summed E-state index contributed by atoms with van der Waals surface area (Å²) in [6.45, 7) is 4.56. The fourth-order valence-corrected chi connectivity index (χ4v) is 1.43. The Morgan fingerprint density at radius 2 is 2.31 bits per heavy atom. The standard InChI is InChI=1S/C11H17N3O2/c1-11(2,7-16-3)14-8-4-5-13-9(6-8)10(12)15/h4-6H,7H2,1-3H3,(H2,12,15)(H,13,14). The largest absolute Gasteiger partial charge is 0.382 e. The van der Waals surface area contributed by atoms with Crippen molar-refractivity contribution in [3.63, 3.8) is 0 Å². The number of hydrogen-bond acceptors (Lipinski definition) is 4. The van der Waals surface area contributed by atoms with Gasteiger partial charge in [-0.15, -0.1) is 0 Å². The van der Waals surface area contributed by atoms with Crippen molar-refractivity contribution in [1.29, 1.82) is 0 Å². The predicted molar refractivity (Wildman–Crippen MR) is 62.3 cm³/mol. The van der Waals surface area contributed by atoms with Crippen LogP contribution in [0.15, 0.2) is 18.3 Å². The lowest BCUT2D eigenvalue weighted by Crippen LogP contribution is -2.36. The van der Waals surface area contributed by atoms with E-state index in [1.807, 2.05) is 13.8 Å². The minimum absolute atomic E-state index is 0.217. The predicted octanol–water partition coefficient (Wildman–Crippen LogP) is 1.02. The molecule has 0 aliphatic heterocycles. The van der Waals surface area contributed by atoms with Crippen LogP contribution in [0.4, 0.5) is 5.69 Å². The highest BCUT2D eigenvalue weighted by molar-refractivity contribution is 5.91. The van der Waals surface area contributed by atoms with Crippen molar-refractivity contribution in [2.75, 3.05) is 19.0 Å². The number of nitrogens with one attached hydrogen (secondary N) is 1. The lowest BCUT2D eigenvalue weighted by atomic mass is 10.1. The first-order chi connectivity index (χ1) is 7.44. The fraction of sp³-hybridized carbons (Fsp3) is 0.455. The number of aromatic nitrogens is 1. The maximum absolute atomic E-state index is 11.0. The van der Waals surface area contributed by atoms with Gasteiger partial charge in [0.1, 0.15) is 5.69 Å². The monoisotopic (exact) mass is 223 g/mol. The highest BCUT2D eigenvalue weighted by Gasteiger charge is 2.17. The lowest BCUT2D eigenvalue weighted by Gasteiger charge is -2.26. The van der Waals surface area contributed by atoms with Crippen molar-refractivity contribution in [1.82, 2.24) is 4.98 Å². The van der Waals surface area contributed by atoms with Gasteiger partial charge in [0.2, 0.25) is 0 Å². The Balaban J connectivity index is 2.81. The molecular formula is C11H17N3O2. The van der Waals surface area contributed by atoms with Gasteiger partial charge in [-0.25, -0.2) is 0 Å². The molecule has 88 valence electrons. The van der Waals surface area contributed by atoms with Crippen LogP contribution in [-0.4, -0.2) is 30.1 Å². The number of carbonyl (C=O) groups is 1. The Hall–Kier alpha value is -1.62. The summed E-state index contributed by atoms with van der Waals surface area (Å²) in [5.74, 6) is -0.534. The zero-order valence-electron chi connectivity index (χ0n) is 9.78. The van der Waals surface area contributed by atoms with Gasteiger partial charge < -0.3 is 15.8 Å². The molecule has 0 bridgehead atoms. The van der Waals surface area contributed by atoms with Gasteiger partial charge in [-0.2, -0.15) is 0 Å². The zero-order chi connectivity index (χ0) is 12.2. The van der Waals surface area contributed by atoms with Crippen molar-refractivity contribution in [2.45, 2.75) is 19.4 Å². The third-order valence-electron chi connectivity index (χ3n) is 2.00. The van der Waals surface area contributed by atoms with E-state index in [0.29, 0.717) is 6.61 Å². The first-order valence-corrected chi connectivity index (χ1v) is 4.97. The Kier molecular flexibility index (Phi) is 3.84. The molecule has 3 N–H and O–H groups in total. The topological polar surface area (TPSA) is 77.2 Å².